The van der Waals surface area contributed by atoms with E-state index in [1.807, 2.05) is 12.1 Å². The molecule has 0 N–H and O–H groups in total. The molecule has 3 atom stereocenters. The van der Waals surface area contributed by atoms with E-state index in [1.165, 1.54) is 5.01 Å². The van der Waals surface area contributed by atoms with Crippen LogP contribution in [0, 0.1) is 5.92 Å². The zero-order chi connectivity index (χ0) is 21.0. The highest BCUT2D eigenvalue weighted by molar-refractivity contribution is 7.91. The molecule has 30 heavy (non-hydrogen) atoms. The Bertz CT molecular complexity index is 1010. The minimum Gasteiger partial charge on any atom is -0.464 e. The van der Waals surface area contributed by atoms with Crippen LogP contribution in [0.1, 0.15) is 62.9 Å². The van der Waals surface area contributed by atoms with E-state index in [4.69, 9.17) is 4.42 Å². The van der Waals surface area contributed by atoms with E-state index in [-0.39, 0.29) is 35.8 Å². The number of sulfone groups is 1. The van der Waals surface area contributed by atoms with Gasteiger partial charge in [-0.25, -0.2) is 13.4 Å². The summed E-state index contributed by atoms with van der Waals surface area (Å²) in [6.07, 6.45) is 3.91. The van der Waals surface area contributed by atoms with Gasteiger partial charge in [-0.2, -0.15) is 5.10 Å². The third kappa shape index (κ3) is 3.91. The molecule has 2 aliphatic heterocycles. The molecule has 3 heterocycles. The predicted molar refractivity (Wildman–Crippen MR) is 109 cm³/mol. The van der Waals surface area contributed by atoms with E-state index in [1.54, 1.807) is 4.90 Å². The molecule has 0 bridgehead atoms. The third-order valence-electron chi connectivity index (χ3n) is 6.59. The molecule has 2 amide bonds. The first-order valence-electron chi connectivity index (χ1n) is 10.8. The Morgan fingerprint density at radius 1 is 1.27 bits per heavy atom. The monoisotopic (exact) mass is 433 g/mol. The van der Waals surface area contributed by atoms with E-state index >= 15 is 0 Å². The van der Waals surface area contributed by atoms with Gasteiger partial charge >= 0.3 is 0 Å². The van der Waals surface area contributed by atoms with Crippen LogP contribution in [-0.4, -0.2) is 59.4 Å². The summed E-state index contributed by atoms with van der Waals surface area (Å²) in [5, 5.41) is 5.61. The van der Waals surface area contributed by atoms with Gasteiger partial charge in [0.2, 0.25) is 5.91 Å². The highest BCUT2D eigenvalue weighted by Crippen LogP contribution is 2.47. The summed E-state index contributed by atoms with van der Waals surface area (Å²) < 4.78 is 29.6. The van der Waals surface area contributed by atoms with Gasteiger partial charge in [-0.3, -0.25) is 9.59 Å². The summed E-state index contributed by atoms with van der Waals surface area (Å²) in [5.74, 6) is 2.53. The minimum atomic E-state index is -3.14. The van der Waals surface area contributed by atoms with Crippen LogP contribution in [0.5, 0.6) is 0 Å². The second kappa shape index (κ2) is 7.21. The van der Waals surface area contributed by atoms with Gasteiger partial charge in [0.1, 0.15) is 17.2 Å². The number of hydrogen-bond donors (Lipinski definition) is 0. The van der Waals surface area contributed by atoms with Crippen molar-refractivity contribution in [3.63, 3.8) is 0 Å². The Balaban J connectivity index is 1.32. The van der Waals surface area contributed by atoms with Crippen molar-refractivity contribution in [1.29, 1.82) is 0 Å². The van der Waals surface area contributed by atoms with E-state index < -0.39 is 15.9 Å². The number of furan rings is 1. The summed E-state index contributed by atoms with van der Waals surface area (Å²) >= 11 is 0. The molecule has 0 spiro atoms. The van der Waals surface area contributed by atoms with Crippen molar-refractivity contribution in [2.24, 2.45) is 11.0 Å². The molecule has 4 aliphatic rings. The van der Waals surface area contributed by atoms with Crippen molar-refractivity contribution in [3.05, 3.63) is 23.7 Å². The Labute approximate surface area is 176 Å². The average molecular weight is 434 g/mol. The van der Waals surface area contributed by atoms with Crippen LogP contribution in [0.25, 0.3) is 0 Å². The Morgan fingerprint density at radius 3 is 2.67 bits per heavy atom. The van der Waals surface area contributed by atoms with E-state index in [0.29, 0.717) is 36.9 Å². The lowest BCUT2D eigenvalue weighted by Crippen LogP contribution is -2.45. The predicted octanol–water partition coefficient (Wildman–Crippen LogP) is 2.06. The molecule has 2 aliphatic carbocycles. The second-order valence-electron chi connectivity index (χ2n) is 9.13. The Morgan fingerprint density at radius 2 is 2.03 bits per heavy atom. The number of rotatable bonds is 6. The van der Waals surface area contributed by atoms with Gasteiger partial charge in [-0.1, -0.05) is 6.92 Å². The molecule has 5 rings (SSSR count). The summed E-state index contributed by atoms with van der Waals surface area (Å²) in [6.45, 7) is 2.60. The van der Waals surface area contributed by atoms with Gasteiger partial charge in [-0.05, 0) is 43.7 Å². The van der Waals surface area contributed by atoms with Gasteiger partial charge in [0.15, 0.2) is 9.84 Å². The topological polar surface area (TPSA) is 100 Å². The van der Waals surface area contributed by atoms with Crippen molar-refractivity contribution < 1.29 is 22.4 Å². The van der Waals surface area contributed by atoms with Crippen molar-refractivity contribution in [1.82, 2.24) is 9.91 Å². The van der Waals surface area contributed by atoms with Gasteiger partial charge < -0.3 is 9.32 Å². The second-order valence-corrected chi connectivity index (χ2v) is 11.4. The van der Waals surface area contributed by atoms with Crippen LogP contribution in [0.15, 0.2) is 21.7 Å². The normalized spacial score (nSPS) is 30.3. The van der Waals surface area contributed by atoms with Crippen molar-refractivity contribution >= 4 is 27.4 Å². The highest BCUT2D eigenvalue weighted by atomic mass is 32.2. The number of nitrogens with zero attached hydrogens (tertiary/aromatic N) is 3. The Kier molecular flexibility index (Phi) is 4.76. The van der Waals surface area contributed by atoms with Crippen LogP contribution < -0.4 is 0 Å². The molecule has 162 valence electrons. The molecule has 1 aromatic heterocycles. The molecule has 9 heteroatoms. The van der Waals surface area contributed by atoms with Crippen LogP contribution in [-0.2, 0) is 26.0 Å². The molecule has 3 unspecified atom stereocenters. The zero-order valence-corrected chi connectivity index (χ0v) is 17.9. The molecule has 1 saturated heterocycles. The number of hydrogen-bond acceptors (Lipinski definition) is 6. The van der Waals surface area contributed by atoms with Crippen molar-refractivity contribution in [2.75, 3.05) is 11.5 Å². The fourth-order valence-corrected chi connectivity index (χ4v) is 6.15. The number of amides is 2. The van der Waals surface area contributed by atoms with Gasteiger partial charge in [0.25, 0.3) is 5.91 Å². The highest BCUT2D eigenvalue weighted by Gasteiger charge is 2.41. The zero-order valence-electron chi connectivity index (χ0n) is 17.1. The Hall–Kier alpha value is -2.16. The van der Waals surface area contributed by atoms with Crippen LogP contribution in [0.2, 0.25) is 0 Å². The number of carbonyl (C=O) groups is 2. The largest absolute Gasteiger partial charge is 0.464 e. The van der Waals surface area contributed by atoms with Gasteiger partial charge in [0.05, 0.1) is 24.1 Å². The first kappa shape index (κ1) is 19.8. The molecular weight excluding hydrogens is 406 g/mol. The molecule has 0 aromatic carbocycles. The van der Waals surface area contributed by atoms with Crippen LogP contribution in [0.3, 0.4) is 0 Å². The maximum absolute atomic E-state index is 13.3. The van der Waals surface area contributed by atoms with Crippen molar-refractivity contribution in [2.45, 2.75) is 70.0 Å². The quantitative estimate of drug-likeness (QED) is 0.684. The van der Waals surface area contributed by atoms with Crippen LogP contribution in [0.4, 0.5) is 0 Å². The summed E-state index contributed by atoms with van der Waals surface area (Å²) in [6, 6.07) is 3.67. The molecule has 1 aromatic rings. The van der Waals surface area contributed by atoms with Crippen molar-refractivity contribution in [3.8, 4) is 0 Å². The van der Waals surface area contributed by atoms with Gasteiger partial charge in [-0.15, -0.1) is 0 Å². The van der Waals surface area contributed by atoms with E-state index in [2.05, 4.69) is 12.0 Å². The summed E-state index contributed by atoms with van der Waals surface area (Å²) in [7, 11) is -3.14. The van der Waals surface area contributed by atoms with E-state index in [9.17, 15) is 18.0 Å². The first-order chi connectivity index (χ1) is 14.3. The SMILES string of the molecule is CC1CC1c1ccc(CN(C(=O)C2=NN(C3CCS(=O)(=O)C3)C(=O)CC2)C2CC2)o1. The molecule has 8 nitrogen and oxygen atoms in total. The fourth-order valence-electron chi connectivity index (χ4n) is 4.46. The van der Waals surface area contributed by atoms with E-state index in [0.717, 1.165) is 30.8 Å². The number of carbonyl (C=O) groups excluding carboxylic acids is 2. The fraction of sp³-hybridized carbons (Fsp3) is 0.667. The average Bonchev–Trinajstić information content (AvgIpc) is 3.60. The molecule has 2 saturated carbocycles. The maximum Gasteiger partial charge on any atom is 0.270 e. The summed E-state index contributed by atoms with van der Waals surface area (Å²) in [4.78, 5) is 27.4. The lowest BCUT2D eigenvalue weighted by Gasteiger charge is -2.29. The minimum absolute atomic E-state index is 0.0644. The smallest absolute Gasteiger partial charge is 0.270 e. The lowest BCUT2D eigenvalue weighted by molar-refractivity contribution is -0.134. The first-order valence-corrected chi connectivity index (χ1v) is 12.6. The summed E-state index contributed by atoms with van der Waals surface area (Å²) in [5.41, 5.74) is 0.341. The molecular formula is C21H27N3O5S. The van der Waals surface area contributed by atoms with Gasteiger partial charge in [0, 0.05) is 24.8 Å². The molecule has 0 radical (unpaired) electrons. The van der Waals surface area contributed by atoms with Crippen LogP contribution >= 0.6 is 0 Å². The maximum atomic E-state index is 13.3. The third-order valence-corrected chi connectivity index (χ3v) is 8.34. The standard InChI is InChI=1S/C21H27N3O5S/c1-13-10-17(13)19-6-4-16(29-19)11-23(14-2-3-14)21(26)18-5-7-20(25)24(22-18)15-8-9-30(27,28)12-15/h4,6,13-15,17H,2-3,5,7-12H2,1H3. The lowest BCUT2D eigenvalue weighted by atomic mass is 10.1. The number of hydrazone groups is 1. The molecule has 3 fully saturated rings.